The Morgan fingerprint density at radius 2 is 2.42 bits per heavy atom. The summed E-state index contributed by atoms with van der Waals surface area (Å²) >= 11 is 0. The van der Waals surface area contributed by atoms with Crippen molar-refractivity contribution in [2.24, 2.45) is 5.73 Å². The number of allylic oxidation sites excluding steroid dienone is 1. The molecule has 0 aromatic carbocycles. The standard InChI is InChI=1S/C9H10N2O/c10-9(12)8-5-6-3-1-2-4-7(6)11-8/h1,3,5,11H,2,4H2,(H2,10,12). The van der Waals surface area contributed by atoms with Gasteiger partial charge in [0.1, 0.15) is 5.69 Å². The number of aryl methyl sites for hydroxylation is 1. The number of carbonyl (C=O) groups is 1. The van der Waals surface area contributed by atoms with E-state index in [1.165, 1.54) is 0 Å². The maximum Gasteiger partial charge on any atom is 0.265 e. The number of fused-ring (bicyclic) bond motifs is 1. The first-order valence-electron chi connectivity index (χ1n) is 3.95. The van der Waals surface area contributed by atoms with Gasteiger partial charge in [0.15, 0.2) is 0 Å². The smallest absolute Gasteiger partial charge is 0.265 e. The van der Waals surface area contributed by atoms with Crippen LogP contribution < -0.4 is 5.73 Å². The quantitative estimate of drug-likeness (QED) is 0.637. The number of primary amides is 1. The van der Waals surface area contributed by atoms with Crippen LogP contribution in [0.15, 0.2) is 12.1 Å². The zero-order valence-electron chi connectivity index (χ0n) is 6.63. The molecule has 3 nitrogen and oxygen atoms in total. The fraction of sp³-hybridized carbons (Fsp3) is 0.222. The van der Waals surface area contributed by atoms with E-state index in [9.17, 15) is 4.79 Å². The zero-order valence-corrected chi connectivity index (χ0v) is 6.63. The number of rotatable bonds is 1. The summed E-state index contributed by atoms with van der Waals surface area (Å²) in [5.74, 6) is -0.391. The van der Waals surface area contributed by atoms with Gasteiger partial charge in [-0.25, -0.2) is 0 Å². The highest BCUT2D eigenvalue weighted by Gasteiger charge is 2.10. The molecular formula is C9H10N2O. The van der Waals surface area contributed by atoms with Crippen molar-refractivity contribution < 1.29 is 4.79 Å². The number of H-pyrrole nitrogens is 1. The molecule has 3 heteroatoms. The number of hydrogen-bond donors (Lipinski definition) is 2. The highest BCUT2D eigenvalue weighted by atomic mass is 16.1. The molecule has 0 saturated carbocycles. The average Bonchev–Trinajstić information content (AvgIpc) is 2.46. The molecule has 1 amide bonds. The monoisotopic (exact) mass is 162 g/mol. The molecule has 0 fully saturated rings. The second kappa shape index (κ2) is 2.52. The Morgan fingerprint density at radius 3 is 3.08 bits per heavy atom. The van der Waals surface area contributed by atoms with Crippen molar-refractivity contribution in [1.82, 2.24) is 4.98 Å². The summed E-state index contributed by atoms with van der Waals surface area (Å²) in [7, 11) is 0. The fourth-order valence-corrected chi connectivity index (χ4v) is 1.44. The van der Waals surface area contributed by atoms with Crippen molar-refractivity contribution in [1.29, 1.82) is 0 Å². The molecular weight excluding hydrogens is 152 g/mol. The molecule has 0 aliphatic heterocycles. The second-order valence-corrected chi connectivity index (χ2v) is 2.92. The molecule has 0 spiro atoms. The van der Waals surface area contributed by atoms with Gasteiger partial charge in [-0.2, -0.15) is 0 Å². The minimum atomic E-state index is -0.391. The van der Waals surface area contributed by atoms with Crippen LogP contribution >= 0.6 is 0 Å². The predicted octanol–water partition coefficient (Wildman–Crippen LogP) is 1.07. The number of aromatic nitrogens is 1. The lowest BCUT2D eigenvalue weighted by Crippen LogP contribution is -2.11. The van der Waals surface area contributed by atoms with E-state index in [0.717, 1.165) is 24.1 Å². The van der Waals surface area contributed by atoms with Gasteiger partial charge in [-0.1, -0.05) is 12.2 Å². The molecule has 0 radical (unpaired) electrons. The highest BCUT2D eigenvalue weighted by Crippen LogP contribution is 2.19. The number of nitrogens with one attached hydrogen (secondary N) is 1. The summed E-state index contributed by atoms with van der Waals surface area (Å²) in [6.45, 7) is 0. The van der Waals surface area contributed by atoms with E-state index in [4.69, 9.17) is 5.73 Å². The third-order valence-electron chi connectivity index (χ3n) is 2.06. The molecule has 1 aromatic heterocycles. The van der Waals surface area contributed by atoms with Crippen molar-refractivity contribution in [3.05, 3.63) is 29.1 Å². The van der Waals surface area contributed by atoms with Crippen LogP contribution in [-0.2, 0) is 6.42 Å². The van der Waals surface area contributed by atoms with E-state index in [-0.39, 0.29) is 0 Å². The van der Waals surface area contributed by atoms with Crippen molar-refractivity contribution in [3.8, 4) is 0 Å². The normalized spacial score (nSPS) is 14.3. The van der Waals surface area contributed by atoms with Gasteiger partial charge in [0, 0.05) is 5.69 Å². The van der Waals surface area contributed by atoms with Crippen LogP contribution in [0.2, 0.25) is 0 Å². The SMILES string of the molecule is NC(=O)c1cc2c([nH]1)CCC=C2. The molecule has 12 heavy (non-hydrogen) atoms. The number of carbonyl (C=O) groups excluding carboxylic acids is 1. The predicted molar refractivity (Wildman–Crippen MR) is 46.7 cm³/mol. The van der Waals surface area contributed by atoms with Gasteiger partial charge in [0.25, 0.3) is 5.91 Å². The minimum Gasteiger partial charge on any atom is -0.364 e. The van der Waals surface area contributed by atoms with Crippen LogP contribution in [0.25, 0.3) is 6.08 Å². The van der Waals surface area contributed by atoms with Crippen molar-refractivity contribution in [2.45, 2.75) is 12.8 Å². The Morgan fingerprint density at radius 1 is 1.58 bits per heavy atom. The van der Waals surface area contributed by atoms with Crippen LogP contribution in [0.1, 0.15) is 28.2 Å². The summed E-state index contributed by atoms with van der Waals surface area (Å²) in [5.41, 5.74) is 7.85. The molecule has 62 valence electrons. The van der Waals surface area contributed by atoms with E-state index in [1.54, 1.807) is 6.07 Å². The molecule has 1 aromatic rings. The highest BCUT2D eigenvalue weighted by molar-refractivity contribution is 5.92. The first-order valence-corrected chi connectivity index (χ1v) is 3.95. The first-order chi connectivity index (χ1) is 5.77. The third-order valence-corrected chi connectivity index (χ3v) is 2.06. The Bertz CT molecular complexity index is 349. The van der Waals surface area contributed by atoms with Gasteiger partial charge in [0.2, 0.25) is 0 Å². The number of aromatic amines is 1. The summed E-state index contributed by atoms with van der Waals surface area (Å²) in [6.07, 6.45) is 6.12. The summed E-state index contributed by atoms with van der Waals surface area (Å²) in [6, 6.07) is 1.80. The number of hydrogen-bond acceptors (Lipinski definition) is 1. The van der Waals surface area contributed by atoms with Gasteiger partial charge in [-0.15, -0.1) is 0 Å². The van der Waals surface area contributed by atoms with E-state index in [2.05, 4.69) is 11.1 Å². The van der Waals surface area contributed by atoms with E-state index in [1.807, 2.05) is 6.08 Å². The Balaban J connectivity index is 2.46. The molecule has 1 aliphatic carbocycles. The number of nitrogens with two attached hydrogens (primary N) is 1. The Kier molecular flexibility index (Phi) is 1.50. The average molecular weight is 162 g/mol. The van der Waals surface area contributed by atoms with E-state index in [0.29, 0.717) is 5.69 Å². The van der Waals surface area contributed by atoms with Crippen LogP contribution in [0.4, 0.5) is 0 Å². The summed E-state index contributed by atoms with van der Waals surface area (Å²) in [5, 5.41) is 0. The number of amides is 1. The van der Waals surface area contributed by atoms with Crippen molar-refractivity contribution >= 4 is 12.0 Å². The van der Waals surface area contributed by atoms with Crippen molar-refractivity contribution in [3.63, 3.8) is 0 Å². The lowest BCUT2D eigenvalue weighted by Gasteiger charge is -2.02. The Labute approximate surface area is 70.3 Å². The van der Waals surface area contributed by atoms with Gasteiger partial charge >= 0.3 is 0 Å². The molecule has 3 N–H and O–H groups in total. The summed E-state index contributed by atoms with van der Waals surface area (Å²) < 4.78 is 0. The van der Waals surface area contributed by atoms with Gasteiger partial charge < -0.3 is 10.7 Å². The third kappa shape index (κ3) is 1.03. The molecule has 0 bridgehead atoms. The lowest BCUT2D eigenvalue weighted by molar-refractivity contribution is 0.0996. The van der Waals surface area contributed by atoms with Crippen LogP contribution in [0.3, 0.4) is 0 Å². The zero-order chi connectivity index (χ0) is 8.55. The van der Waals surface area contributed by atoms with Gasteiger partial charge in [-0.3, -0.25) is 4.79 Å². The Hall–Kier alpha value is -1.51. The van der Waals surface area contributed by atoms with E-state index < -0.39 is 5.91 Å². The molecule has 2 rings (SSSR count). The first kappa shape index (κ1) is 7.16. The molecule has 1 heterocycles. The van der Waals surface area contributed by atoms with Crippen LogP contribution in [-0.4, -0.2) is 10.9 Å². The van der Waals surface area contributed by atoms with Crippen LogP contribution in [0, 0.1) is 0 Å². The lowest BCUT2D eigenvalue weighted by atomic mass is 10.1. The van der Waals surface area contributed by atoms with Crippen LogP contribution in [0.5, 0.6) is 0 Å². The molecule has 0 atom stereocenters. The molecule has 0 unspecified atom stereocenters. The largest absolute Gasteiger partial charge is 0.364 e. The second-order valence-electron chi connectivity index (χ2n) is 2.92. The topological polar surface area (TPSA) is 58.9 Å². The maximum atomic E-state index is 10.8. The summed E-state index contributed by atoms with van der Waals surface area (Å²) in [4.78, 5) is 13.8. The maximum absolute atomic E-state index is 10.8. The van der Waals surface area contributed by atoms with Gasteiger partial charge in [-0.05, 0) is 24.5 Å². The fourth-order valence-electron chi connectivity index (χ4n) is 1.44. The van der Waals surface area contributed by atoms with Crippen molar-refractivity contribution in [2.75, 3.05) is 0 Å². The minimum absolute atomic E-state index is 0.391. The molecule has 0 saturated heterocycles. The molecule has 1 aliphatic rings. The van der Waals surface area contributed by atoms with E-state index >= 15 is 0 Å². The van der Waals surface area contributed by atoms with Gasteiger partial charge in [0.05, 0.1) is 0 Å².